The van der Waals surface area contributed by atoms with Crippen molar-refractivity contribution in [2.24, 2.45) is 0 Å². The molecule has 0 fully saturated rings. The summed E-state index contributed by atoms with van der Waals surface area (Å²) in [4.78, 5) is 15.5. The van der Waals surface area contributed by atoms with Gasteiger partial charge >= 0.3 is 0 Å². The van der Waals surface area contributed by atoms with Gasteiger partial charge in [-0.1, -0.05) is 30.3 Å². The molecular weight excluding hydrogens is 374 g/mol. The van der Waals surface area contributed by atoms with Crippen LogP contribution >= 0.6 is 0 Å². The minimum Gasteiger partial charge on any atom is -0.326 e. The van der Waals surface area contributed by atoms with E-state index in [0.29, 0.717) is 11.4 Å². The van der Waals surface area contributed by atoms with Crippen LogP contribution in [0.4, 0.5) is 5.69 Å². The number of anilines is 1. The number of nitrogens with one attached hydrogen (secondary N) is 2. The molecule has 1 atom stereocenters. The predicted octanol–water partition coefficient (Wildman–Crippen LogP) is 3.75. The molecule has 2 aromatic carbocycles. The standard InChI is InChI=1S/C21H21N3O3S/c1-15(21-5-3-4-14-22-21)24-28(26,27)20-12-8-18(9-13-20)17-6-10-19(11-7-17)23-16(2)25/h3-15,24H,1-2H3,(H,23,25)/t15-/m1/s1. The van der Waals surface area contributed by atoms with E-state index < -0.39 is 16.1 Å². The van der Waals surface area contributed by atoms with Crippen LogP contribution < -0.4 is 10.0 Å². The number of amides is 1. The lowest BCUT2D eigenvalue weighted by Crippen LogP contribution is -2.27. The summed E-state index contributed by atoms with van der Waals surface area (Å²) >= 11 is 0. The first-order chi connectivity index (χ1) is 13.3. The number of hydrogen-bond donors (Lipinski definition) is 2. The lowest BCUT2D eigenvalue weighted by Gasteiger charge is -2.14. The van der Waals surface area contributed by atoms with Crippen molar-refractivity contribution < 1.29 is 13.2 Å². The molecule has 0 spiro atoms. The molecule has 144 valence electrons. The van der Waals surface area contributed by atoms with Crippen molar-refractivity contribution in [2.45, 2.75) is 24.8 Å². The fraction of sp³-hybridized carbons (Fsp3) is 0.143. The van der Waals surface area contributed by atoms with Crippen molar-refractivity contribution in [3.8, 4) is 11.1 Å². The highest BCUT2D eigenvalue weighted by Crippen LogP contribution is 2.24. The lowest BCUT2D eigenvalue weighted by molar-refractivity contribution is -0.114. The van der Waals surface area contributed by atoms with Crippen molar-refractivity contribution >= 4 is 21.6 Å². The molecular formula is C21H21N3O3S. The minimum atomic E-state index is -3.66. The molecule has 0 unspecified atom stereocenters. The zero-order chi connectivity index (χ0) is 20.1. The largest absolute Gasteiger partial charge is 0.326 e. The quantitative estimate of drug-likeness (QED) is 0.665. The third kappa shape index (κ3) is 4.82. The van der Waals surface area contributed by atoms with Gasteiger partial charge in [-0.25, -0.2) is 13.1 Å². The summed E-state index contributed by atoms with van der Waals surface area (Å²) in [6.45, 7) is 3.21. The Hall–Kier alpha value is -3.03. The number of aromatic nitrogens is 1. The normalized spacial score (nSPS) is 12.4. The summed E-state index contributed by atoms with van der Waals surface area (Å²) in [6, 6.07) is 19.0. The molecule has 0 aliphatic heterocycles. The molecule has 1 aromatic heterocycles. The van der Waals surface area contributed by atoms with Gasteiger partial charge in [0.05, 0.1) is 16.6 Å². The van der Waals surface area contributed by atoms with E-state index in [9.17, 15) is 13.2 Å². The maximum absolute atomic E-state index is 12.6. The number of nitrogens with zero attached hydrogens (tertiary/aromatic N) is 1. The third-order valence-corrected chi connectivity index (χ3v) is 5.72. The molecule has 3 rings (SSSR count). The first kappa shape index (κ1) is 19.7. The first-order valence-electron chi connectivity index (χ1n) is 8.76. The van der Waals surface area contributed by atoms with Gasteiger partial charge in [-0.3, -0.25) is 9.78 Å². The highest BCUT2D eigenvalue weighted by Gasteiger charge is 2.19. The van der Waals surface area contributed by atoms with E-state index in [1.165, 1.54) is 6.92 Å². The fourth-order valence-electron chi connectivity index (χ4n) is 2.77. The van der Waals surface area contributed by atoms with Gasteiger partial charge in [-0.05, 0) is 54.4 Å². The molecule has 3 aromatic rings. The number of hydrogen-bond acceptors (Lipinski definition) is 4. The maximum atomic E-state index is 12.6. The summed E-state index contributed by atoms with van der Waals surface area (Å²) < 4.78 is 27.9. The second kappa shape index (κ2) is 8.33. The third-order valence-electron chi connectivity index (χ3n) is 4.17. The van der Waals surface area contributed by atoms with E-state index in [1.54, 1.807) is 61.7 Å². The number of carbonyl (C=O) groups is 1. The van der Waals surface area contributed by atoms with Gasteiger partial charge in [0.25, 0.3) is 0 Å². The van der Waals surface area contributed by atoms with Crippen molar-refractivity contribution in [2.75, 3.05) is 5.32 Å². The van der Waals surface area contributed by atoms with Crippen LogP contribution in [0.2, 0.25) is 0 Å². The van der Waals surface area contributed by atoms with E-state index in [4.69, 9.17) is 0 Å². The van der Waals surface area contributed by atoms with Gasteiger partial charge in [-0.2, -0.15) is 0 Å². The Labute approximate surface area is 164 Å². The molecule has 1 heterocycles. The van der Waals surface area contributed by atoms with Crippen LogP contribution in [0.25, 0.3) is 11.1 Å². The Kier molecular flexibility index (Phi) is 5.87. The van der Waals surface area contributed by atoms with E-state index in [-0.39, 0.29) is 10.8 Å². The fourth-order valence-corrected chi connectivity index (χ4v) is 3.99. The molecule has 1 amide bonds. The SMILES string of the molecule is CC(=O)Nc1ccc(-c2ccc(S(=O)(=O)N[C@H](C)c3ccccn3)cc2)cc1. The zero-order valence-corrected chi connectivity index (χ0v) is 16.4. The lowest BCUT2D eigenvalue weighted by atomic mass is 10.1. The molecule has 7 heteroatoms. The van der Waals surface area contributed by atoms with E-state index in [0.717, 1.165) is 11.1 Å². The molecule has 0 saturated heterocycles. The minimum absolute atomic E-state index is 0.130. The van der Waals surface area contributed by atoms with Crippen molar-refractivity contribution in [1.82, 2.24) is 9.71 Å². The second-order valence-electron chi connectivity index (χ2n) is 6.38. The Morgan fingerprint density at radius 2 is 1.54 bits per heavy atom. The van der Waals surface area contributed by atoms with Gasteiger partial charge in [0.1, 0.15) is 0 Å². The van der Waals surface area contributed by atoms with E-state index in [1.807, 2.05) is 18.2 Å². The van der Waals surface area contributed by atoms with Crippen LogP contribution in [0.15, 0.2) is 77.8 Å². The Morgan fingerprint density at radius 1 is 0.929 bits per heavy atom. The highest BCUT2D eigenvalue weighted by atomic mass is 32.2. The van der Waals surface area contributed by atoms with Crippen molar-refractivity contribution in [1.29, 1.82) is 0 Å². The Morgan fingerprint density at radius 3 is 2.07 bits per heavy atom. The monoisotopic (exact) mass is 395 g/mol. The molecule has 0 bridgehead atoms. The smallest absolute Gasteiger partial charge is 0.241 e. The highest BCUT2D eigenvalue weighted by molar-refractivity contribution is 7.89. The van der Waals surface area contributed by atoms with Gasteiger partial charge in [0.2, 0.25) is 15.9 Å². The van der Waals surface area contributed by atoms with Gasteiger partial charge < -0.3 is 5.32 Å². The zero-order valence-electron chi connectivity index (χ0n) is 15.6. The molecule has 0 saturated carbocycles. The molecule has 6 nitrogen and oxygen atoms in total. The number of benzene rings is 2. The number of pyridine rings is 1. The molecule has 0 aliphatic rings. The molecule has 2 N–H and O–H groups in total. The van der Waals surface area contributed by atoms with Crippen molar-refractivity contribution in [3.05, 3.63) is 78.6 Å². The topological polar surface area (TPSA) is 88.2 Å². The van der Waals surface area contributed by atoms with Crippen LogP contribution in [0, 0.1) is 0 Å². The summed E-state index contributed by atoms with van der Waals surface area (Å²) in [5.74, 6) is -0.130. The van der Waals surface area contributed by atoms with Gasteiger partial charge in [0, 0.05) is 18.8 Å². The predicted molar refractivity (Wildman–Crippen MR) is 109 cm³/mol. The van der Waals surface area contributed by atoms with Crippen molar-refractivity contribution in [3.63, 3.8) is 0 Å². The second-order valence-corrected chi connectivity index (χ2v) is 8.09. The van der Waals surface area contributed by atoms with Crippen LogP contribution in [0.5, 0.6) is 0 Å². The summed E-state index contributed by atoms with van der Waals surface area (Å²) in [6.07, 6.45) is 1.63. The summed E-state index contributed by atoms with van der Waals surface area (Å²) in [5.41, 5.74) is 3.17. The maximum Gasteiger partial charge on any atom is 0.241 e. The molecule has 28 heavy (non-hydrogen) atoms. The van der Waals surface area contributed by atoms with Crippen LogP contribution in [0.3, 0.4) is 0 Å². The number of carbonyl (C=O) groups excluding carboxylic acids is 1. The van der Waals surface area contributed by atoms with Gasteiger partial charge in [-0.15, -0.1) is 0 Å². The molecule has 0 aliphatic carbocycles. The summed E-state index contributed by atoms with van der Waals surface area (Å²) in [7, 11) is -3.66. The Balaban J connectivity index is 1.75. The van der Waals surface area contributed by atoms with Crippen LogP contribution in [-0.4, -0.2) is 19.3 Å². The number of sulfonamides is 1. The van der Waals surface area contributed by atoms with Crippen LogP contribution in [-0.2, 0) is 14.8 Å². The van der Waals surface area contributed by atoms with Crippen LogP contribution in [0.1, 0.15) is 25.6 Å². The van der Waals surface area contributed by atoms with E-state index in [2.05, 4.69) is 15.0 Å². The first-order valence-corrected chi connectivity index (χ1v) is 10.2. The Bertz CT molecular complexity index is 1050. The average molecular weight is 395 g/mol. The van der Waals surface area contributed by atoms with E-state index >= 15 is 0 Å². The number of rotatable bonds is 6. The molecule has 0 radical (unpaired) electrons. The average Bonchev–Trinajstić information content (AvgIpc) is 2.68. The summed E-state index contributed by atoms with van der Waals surface area (Å²) in [5, 5.41) is 2.71. The van der Waals surface area contributed by atoms with Gasteiger partial charge in [0.15, 0.2) is 0 Å².